The molecule has 0 amide bonds. The van der Waals surface area contributed by atoms with E-state index in [-0.39, 0.29) is 4.32 Å². The van der Waals surface area contributed by atoms with Crippen molar-refractivity contribution in [2.75, 3.05) is 0 Å². The highest BCUT2D eigenvalue weighted by Crippen LogP contribution is 1.73. The van der Waals surface area contributed by atoms with Crippen LogP contribution in [0.1, 0.15) is 0 Å². The Hall–Kier alpha value is -1.33. The first-order valence-corrected chi connectivity index (χ1v) is 5.00. The third-order valence-electron chi connectivity index (χ3n) is 1.06. The number of nitrogens with one attached hydrogen (secondary N) is 1. The summed E-state index contributed by atoms with van der Waals surface area (Å²) in [5, 5.41) is 0. The first kappa shape index (κ1) is 13.7. The smallest absolute Gasteiger partial charge is 0.128 e. The summed E-state index contributed by atoms with van der Waals surface area (Å²) in [7, 11) is 0. The number of thiol groups is 1. The number of nitrogens with zero attached hydrogens (tertiary/aromatic N) is 1. The van der Waals surface area contributed by atoms with Crippen LogP contribution in [-0.2, 0) is 0 Å². The molecule has 0 unspecified atom stereocenters. The van der Waals surface area contributed by atoms with Crippen LogP contribution in [0.5, 0.6) is 0 Å². The van der Waals surface area contributed by atoms with Gasteiger partial charge in [0.25, 0.3) is 0 Å². The maximum Gasteiger partial charge on any atom is 0.128 e. The van der Waals surface area contributed by atoms with Crippen molar-refractivity contribution in [3.8, 4) is 0 Å². The van der Waals surface area contributed by atoms with Crippen molar-refractivity contribution in [1.82, 2.24) is 9.97 Å². The lowest BCUT2D eigenvalue weighted by Crippen LogP contribution is -1.94. The largest absolute Gasteiger partial charge is 0.385 e. The van der Waals surface area contributed by atoms with Crippen LogP contribution in [-0.4, -0.2) is 14.3 Å². The summed E-state index contributed by atoms with van der Waals surface area (Å²) >= 11 is 7.65. The van der Waals surface area contributed by atoms with Crippen LogP contribution in [0.25, 0.3) is 0 Å². The summed E-state index contributed by atoms with van der Waals surface area (Å²) in [5.74, 6) is 0. The van der Waals surface area contributed by atoms with Gasteiger partial charge in [0.1, 0.15) is 4.32 Å². The first-order valence-electron chi connectivity index (χ1n) is 4.14. The number of hydrogen-bond acceptors (Lipinski definition) is 2. The Balaban J connectivity index is 0.000000202. The highest BCUT2D eigenvalue weighted by Gasteiger charge is 1.58. The molecule has 2 heterocycles. The maximum atomic E-state index is 4.71. The summed E-state index contributed by atoms with van der Waals surface area (Å²) in [6, 6.07) is 9.60. The number of rotatable bonds is 0. The second kappa shape index (κ2) is 10.7. The second-order valence-electron chi connectivity index (χ2n) is 2.25. The molecule has 0 saturated carbocycles. The van der Waals surface area contributed by atoms with Crippen molar-refractivity contribution in [3.63, 3.8) is 0 Å². The highest BCUT2D eigenvalue weighted by molar-refractivity contribution is 8.10. The molecule has 0 aliphatic rings. The molecule has 3 N–H and O–H groups in total. The number of aromatic nitrogens is 2. The van der Waals surface area contributed by atoms with Crippen LogP contribution in [0.15, 0.2) is 55.1 Å². The molecule has 80 valence electrons. The Morgan fingerprint density at radius 2 is 1.53 bits per heavy atom. The van der Waals surface area contributed by atoms with E-state index in [0.717, 1.165) is 0 Å². The minimum Gasteiger partial charge on any atom is -0.385 e. The van der Waals surface area contributed by atoms with Crippen molar-refractivity contribution in [1.29, 1.82) is 0 Å². The minimum atomic E-state index is 0.194. The molecule has 0 aliphatic heterocycles. The monoisotopic (exact) mass is 239 g/mol. The van der Waals surface area contributed by atoms with E-state index in [9.17, 15) is 0 Å². The fourth-order valence-corrected chi connectivity index (χ4v) is 0.590. The Kier molecular flexibility index (Phi) is 9.80. The fourth-order valence-electron chi connectivity index (χ4n) is 0.590. The molecule has 0 spiro atoms. The zero-order valence-electron chi connectivity index (χ0n) is 8.08. The van der Waals surface area contributed by atoms with Gasteiger partial charge in [-0.1, -0.05) is 18.3 Å². The van der Waals surface area contributed by atoms with Gasteiger partial charge in [-0.25, -0.2) is 0 Å². The normalized spacial score (nSPS) is 7.53. The molecule has 0 bridgehead atoms. The predicted molar refractivity (Wildman–Crippen MR) is 70.8 cm³/mol. The Labute approximate surface area is 100 Å². The zero-order valence-corrected chi connectivity index (χ0v) is 9.79. The third-order valence-corrected chi connectivity index (χ3v) is 1.06. The van der Waals surface area contributed by atoms with Crippen molar-refractivity contribution < 1.29 is 0 Å². The molecule has 0 saturated heterocycles. The lowest BCUT2D eigenvalue weighted by atomic mass is 10.5. The highest BCUT2D eigenvalue weighted by atomic mass is 32.1. The summed E-state index contributed by atoms with van der Waals surface area (Å²) in [6.45, 7) is 0. The quantitative estimate of drug-likeness (QED) is 0.488. The lowest BCUT2D eigenvalue weighted by molar-refractivity contribution is 1.33. The summed E-state index contributed by atoms with van der Waals surface area (Å²) < 4.78 is 0.194. The number of pyridine rings is 1. The van der Waals surface area contributed by atoms with Crippen molar-refractivity contribution in [3.05, 3.63) is 55.1 Å². The number of aromatic amines is 1. The molecule has 0 radical (unpaired) electrons. The summed E-state index contributed by atoms with van der Waals surface area (Å²) in [4.78, 5) is 6.65. The van der Waals surface area contributed by atoms with E-state index >= 15 is 0 Å². The van der Waals surface area contributed by atoms with E-state index < -0.39 is 0 Å². The molecule has 15 heavy (non-hydrogen) atoms. The molecule has 2 aromatic heterocycles. The molecule has 2 aromatic rings. The predicted octanol–water partition coefficient (Wildman–Crippen LogP) is 2.26. The van der Waals surface area contributed by atoms with Gasteiger partial charge in [0, 0.05) is 24.8 Å². The number of hydrogen-bond donors (Lipinski definition) is 3. The van der Waals surface area contributed by atoms with Gasteiger partial charge in [-0.3, -0.25) is 4.98 Å². The van der Waals surface area contributed by atoms with Crippen LogP contribution < -0.4 is 5.73 Å². The average molecular weight is 239 g/mol. The molecule has 2 rings (SSSR count). The van der Waals surface area contributed by atoms with Crippen LogP contribution >= 0.6 is 24.8 Å². The van der Waals surface area contributed by atoms with Crippen molar-refractivity contribution >= 4 is 29.2 Å². The summed E-state index contributed by atoms with van der Waals surface area (Å²) in [6.07, 6.45) is 7.25. The molecule has 0 atom stereocenters. The molecular formula is C10H13N3S2. The van der Waals surface area contributed by atoms with E-state index in [1.165, 1.54) is 0 Å². The van der Waals surface area contributed by atoms with Gasteiger partial charge >= 0.3 is 0 Å². The fraction of sp³-hybridized carbons (Fsp3) is 0. The first-order chi connectivity index (χ1) is 7.23. The topological polar surface area (TPSA) is 54.7 Å². The molecule has 3 nitrogen and oxygen atoms in total. The van der Waals surface area contributed by atoms with Gasteiger partial charge in [0.05, 0.1) is 0 Å². The van der Waals surface area contributed by atoms with Gasteiger partial charge in [-0.2, -0.15) is 0 Å². The van der Waals surface area contributed by atoms with Crippen LogP contribution in [0, 0.1) is 0 Å². The van der Waals surface area contributed by atoms with Crippen LogP contribution in [0.2, 0.25) is 0 Å². The zero-order chi connectivity index (χ0) is 11.4. The van der Waals surface area contributed by atoms with E-state index in [0.29, 0.717) is 0 Å². The van der Waals surface area contributed by atoms with E-state index in [2.05, 4.69) is 34.8 Å². The number of nitrogens with two attached hydrogens (primary N) is 1. The van der Waals surface area contributed by atoms with Gasteiger partial charge in [0.15, 0.2) is 0 Å². The maximum absolute atomic E-state index is 4.71. The molecule has 0 fully saturated rings. The van der Waals surface area contributed by atoms with E-state index in [1.54, 1.807) is 12.4 Å². The van der Waals surface area contributed by atoms with Gasteiger partial charge in [-0.05, 0) is 24.3 Å². The van der Waals surface area contributed by atoms with Crippen molar-refractivity contribution in [2.45, 2.75) is 0 Å². The van der Waals surface area contributed by atoms with Gasteiger partial charge in [-0.15, -0.1) is 12.6 Å². The van der Waals surface area contributed by atoms with E-state index in [4.69, 9.17) is 5.73 Å². The molecular weight excluding hydrogens is 226 g/mol. The third kappa shape index (κ3) is 15.4. The molecule has 0 aliphatic carbocycles. The van der Waals surface area contributed by atoms with E-state index in [1.807, 2.05) is 42.7 Å². The SMILES string of the molecule is NC(=S)S.c1cc[nH]c1.c1ccncc1. The Bertz CT molecular complexity index is 274. The average Bonchev–Trinajstić information content (AvgIpc) is 2.77. The van der Waals surface area contributed by atoms with Gasteiger partial charge in [0.2, 0.25) is 0 Å². The van der Waals surface area contributed by atoms with Crippen LogP contribution in [0.4, 0.5) is 0 Å². The van der Waals surface area contributed by atoms with Crippen LogP contribution in [0.3, 0.4) is 0 Å². The minimum absolute atomic E-state index is 0.194. The van der Waals surface area contributed by atoms with Crippen molar-refractivity contribution in [2.24, 2.45) is 5.73 Å². The molecule has 0 aromatic carbocycles. The number of thiocarbonyl (C=S) groups is 1. The summed E-state index contributed by atoms with van der Waals surface area (Å²) in [5.41, 5.74) is 4.71. The molecule has 5 heteroatoms. The lowest BCUT2D eigenvalue weighted by Gasteiger charge is -1.70. The van der Waals surface area contributed by atoms with Gasteiger partial charge < -0.3 is 10.7 Å². The number of H-pyrrole nitrogens is 1. The second-order valence-corrected chi connectivity index (χ2v) is 3.47. The standard InChI is InChI=1S/C5H5N.C4H5N.CH3NS2/c1-2-4-6-5-3-1;1-2-4-5-3-1;2-1(3)4/h1-5H;1-5H;(H3,2,3,4). The Morgan fingerprint density at radius 3 is 1.67 bits per heavy atom. The Morgan fingerprint density at radius 1 is 1.07 bits per heavy atom.